The first-order valence-corrected chi connectivity index (χ1v) is 13.3. The van der Waals surface area contributed by atoms with Crippen molar-refractivity contribution < 1.29 is 18.0 Å². The molecule has 0 unspecified atom stereocenters. The second-order valence-electron chi connectivity index (χ2n) is 10.2. The van der Waals surface area contributed by atoms with Gasteiger partial charge in [0.2, 0.25) is 10.0 Å². The Morgan fingerprint density at radius 3 is 2.31 bits per heavy atom. The van der Waals surface area contributed by atoms with Crippen molar-refractivity contribution in [3.63, 3.8) is 0 Å². The second kappa shape index (κ2) is 9.07. The van der Waals surface area contributed by atoms with E-state index in [2.05, 4.69) is 10.0 Å². The number of pyridine rings is 1. The molecular formula is C24H29ClN4O5S. The maximum atomic E-state index is 13.1. The molecule has 2 heterocycles. The summed E-state index contributed by atoms with van der Waals surface area (Å²) in [5, 5.41) is 3.30. The number of benzene rings is 1. The van der Waals surface area contributed by atoms with Gasteiger partial charge in [-0.2, -0.15) is 0 Å². The van der Waals surface area contributed by atoms with Gasteiger partial charge in [0.15, 0.2) is 0 Å². The van der Waals surface area contributed by atoms with E-state index in [-0.39, 0.29) is 37.4 Å². The molecule has 2 N–H and O–H groups in total. The molecule has 2 aliphatic rings. The smallest absolute Gasteiger partial charge is 0.270 e. The van der Waals surface area contributed by atoms with Crippen LogP contribution < -0.4 is 15.6 Å². The maximum Gasteiger partial charge on any atom is 0.270 e. The number of nitrogens with zero attached hydrogens (tertiary/aromatic N) is 2. The standard InChI is InChI=1S/C24H29ClN4O5S/c1-23(2,3)27-35(33,34)24(10-11-24)15-28-12-13-29-19(22(28)32)9-8-18(21(29)31)20(30)26-14-16-4-6-17(25)7-5-16/h4-9,27H,10-15H2,1-3H3,(H,26,30). The molecule has 1 fully saturated rings. The number of halogens is 1. The summed E-state index contributed by atoms with van der Waals surface area (Å²) in [6, 6.07) is 9.78. The SMILES string of the molecule is CC(C)(C)NS(=O)(=O)C1(CN2CCn3c(ccc(C(=O)NCc4ccc(Cl)cc4)c3=O)C2=O)CC1. The molecule has 0 bridgehead atoms. The van der Waals surface area contributed by atoms with Crippen LogP contribution >= 0.6 is 11.6 Å². The summed E-state index contributed by atoms with van der Waals surface area (Å²) in [6.07, 6.45) is 0.948. The molecule has 11 heteroatoms. The van der Waals surface area contributed by atoms with Gasteiger partial charge in [0, 0.05) is 36.7 Å². The lowest BCUT2D eigenvalue weighted by Gasteiger charge is -2.33. The van der Waals surface area contributed by atoms with E-state index in [4.69, 9.17) is 11.6 Å². The molecule has 0 spiro atoms. The number of amides is 2. The summed E-state index contributed by atoms with van der Waals surface area (Å²) in [5.41, 5.74) is -0.249. The van der Waals surface area contributed by atoms with Gasteiger partial charge in [-0.25, -0.2) is 13.1 Å². The number of sulfonamides is 1. The predicted molar refractivity (Wildman–Crippen MR) is 133 cm³/mol. The quantitative estimate of drug-likeness (QED) is 0.580. The van der Waals surface area contributed by atoms with Gasteiger partial charge < -0.3 is 14.8 Å². The number of carbonyl (C=O) groups excluding carboxylic acids is 2. The third-order valence-corrected chi connectivity index (χ3v) is 8.99. The molecule has 188 valence electrons. The highest BCUT2D eigenvalue weighted by atomic mass is 35.5. The topological polar surface area (TPSA) is 118 Å². The van der Waals surface area contributed by atoms with Crippen LogP contribution in [-0.2, 0) is 23.1 Å². The second-order valence-corrected chi connectivity index (χ2v) is 12.7. The van der Waals surface area contributed by atoms with E-state index in [1.165, 1.54) is 21.6 Å². The van der Waals surface area contributed by atoms with E-state index < -0.39 is 37.7 Å². The van der Waals surface area contributed by atoms with E-state index in [9.17, 15) is 22.8 Å². The van der Waals surface area contributed by atoms with Crippen LogP contribution in [0, 0.1) is 0 Å². The Morgan fingerprint density at radius 2 is 1.71 bits per heavy atom. The number of aromatic nitrogens is 1. The van der Waals surface area contributed by atoms with Crippen LogP contribution in [0.2, 0.25) is 5.02 Å². The lowest BCUT2D eigenvalue weighted by molar-refractivity contribution is 0.0694. The Hall–Kier alpha value is -2.69. The number of rotatable bonds is 7. The third-order valence-electron chi connectivity index (χ3n) is 6.18. The maximum absolute atomic E-state index is 13.1. The highest BCUT2D eigenvalue weighted by Gasteiger charge is 2.57. The minimum atomic E-state index is -3.64. The molecule has 2 amide bonds. The number of fused-ring (bicyclic) bond motifs is 1. The molecule has 0 radical (unpaired) electrons. The minimum absolute atomic E-state index is 0.0559. The van der Waals surface area contributed by atoms with Gasteiger partial charge in [0.05, 0.1) is 0 Å². The number of carbonyl (C=O) groups is 2. The van der Waals surface area contributed by atoms with Gasteiger partial charge >= 0.3 is 0 Å². The fourth-order valence-electron chi connectivity index (χ4n) is 4.19. The molecule has 1 aliphatic heterocycles. The first kappa shape index (κ1) is 25.4. The summed E-state index contributed by atoms with van der Waals surface area (Å²) in [7, 11) is -3.64. The highest BCUT2D eigenvalue weighted by molar-refractivity contribution is 7.91. The molecular weight excluding hydrogens is 492 g/mol. The lowest BCUT2D eigenvalue weighted by Crippen LogP contribution is -2.53. The van der Waals surface area contributed by atoms with Gasteiger partial charge in [-0.1, -0.05) is 23.7 Å². The molecule has 1 saturated carbocycles. The van der Waals surface area contributed by atoms with Crippen molar-refractivity contribution in [2.45, 2.75) is 57.0 Å². The van der Waals surface area contributed by atoms with Crippen molar-refractivity contribution in [1.29, 1.82) is 0 Å². The largest absolute Gasteiger partial charge is 0.348 e. The van der Waals surface area contributed by atoms with Crippen LogP contribution in [0.1, 0.15) is 60.0 Å². The van der Waals surface area contributed by atoms with Gasteiger partial charge in [0.25, 0.3) is 17.4 Å². The van der Waals surface area contributed by atoms with E-state index in [0.717, 1.165) is 5.56 Å². The first-order valence-electron chi connectivity index (χ1n) is 11.4. The molecule has 9 nitrogen and oxygen atoms in total. The highest BCUT2D eigenvalue weighted by Crippen LogP contribution is 2.44. The summed E-state index contributed by atoms with van der Waals surface area (Å²) >= 11 is 5.87. The molecule has 1 aliphatic carbocycles. The van der Waals surface area contributed by atoms with Crippen molar-refractivity contribution in [2.24, 2.45) is 0 Å². The van der Waals surface area contributed by atoms with Crippen molar-refractivity contribution in [1.82, 2.24) is 19.5 Å². The number of nitrogens with one attached hydrogen (secondary N) is 2. The number of hydrogen-bond donors (Lipinski definition) is 2. The zero-order valence-electron chi connectivity index (χ0n) is 19.9. The van der Waals surface area contributed by atoms with Crippen molar-refractivity contribution in [3.8, 4) is 0 Å². The van der Waals surface area contributed by atoms with Crippen LogP contribution in [0.25, 0.3) is 0 Å². The van der Waals surface area contributed by atoms with Crippen LogP contribution in [-0.4, -0.2) is 53.1 Å². The average Bonchev–Trinajstić information content (AvgIpc) is 3.55. The Kier molecular flexibility index (Phi) is 6.58. The number of hydrogen-bond acceptors (Lipinski definition) is 5. The molecule has 35 heavy (non-hydrogen) atoms. The van der Waals surface area contributed by atoms with E-state index >= 15 is 0 Å². The molecule has 0 saturated heterocycles. The van der Waals surface area contributed by atoms with Crippen LogP contribution in [0.4, 0.5) is 0 Å². The molecule has 2 aromatic rings. The Labute approximate surface area is 209 Å². The van der Waals surface area contributed by atoms with Gasteiger partial charge in [-0.15, -0.1) is 0 Å². The summed E-state index contributed by atoms with van der Waals surface area (Å²) < 4.78 is 28.9. The van der Waals surface area contributed by atoms with Crippen molar-refractivity contribution in [2.75, 3.05) is 13.1 Å². The normalized spacial score (nSPS) is 17.1. The third kappa shape index (κ3) is 5.29. The van der Waals surface area contributed by atoms with Gasteiger partial charge in [0.1, 0.15) is 16.0 Å². The zero-order chi connectivity index (χ0) is 25.6. The fraction of sp³-hybridized carbons (Fsp3) is 0.458. The van der Waals surface area contributed by atoms with Crippen LogP contribution in [0.3, 0.4) is 0 Å². The molecule has 1 aromatic carbocycles. The Balaban J connectivity index is 1.48. The zero-order valence-corrected chi connectivity index (χ0v) is 21.5. The van der Waals surface area contributed by atoms with Crippen LogP contribution in [0.15, 0.2) is 41.2 Å². The average molecular weight is 521 g/mol. The summed E-state index contributed by atoms with van der Waals surface area (Å²) in [4.78, 5) is 40.3. The summed E-state index contributed by atoms with van der Waals surface area (Å²) in [6.45, 7) is 5.99. The van der Waals surface area contributed by atoms with Crippen LogP contribution in [0.5, 0.6) is 0 Å². The summed E-state index contributed by atoms with van der Waals surface area (Å²) in [5.74, 6) is -0.954. The first-order chi connectivity index (χ1) is 16.3. The van der Waals surface area contributed by atoms with E-state index in [1.54, 1.807) is 45.0 Å². The minimum Gasteiger partial charge on any atom is -0.348 e. The lowest BCUT2D eigenvalue weighted by atomic mass is 10.1. The fourth-order valence-corrected chi connectivity index (χ4v) is 6.30. The predicted octanol–water partition coefficient (Wildman–Crippen LogP) is 2.14. The monoisotopic (exact) mass is 520 g/mol. The molecule has 1 aromatic heterocycles. The Bertz CT molecular complexity index is 1330. The van der Waals surface area contributed by atoms with E-state index in [0.29, 0.717) is 17.9 Å². The molecule has 4 rings (SSSR count). The van der Waals surface area contributed by atoms with Crippen molar-refractivity contribution >= 4 is 33.4 Å². The molecule has 0 atom stereocenters. The Morgan fingerprint density at radius 1 is 1.06 bits per heavy atom. The van der Waals surface area contributed by atoms with Gasteiger partial charge in [-0.05, 0) is 63.4 Å². The van der Waals surface area contributed by atoms with Gasteiger partial charge in [-0.3, -0.25) is 14.4 Å². The van der Waals surface area contributed by atoms with Crippen molar-refractivity contribution in [3.05, 3.63) is 68.6 Å². The van der Waals surface area contributed by atoms with E-state index in [1.807, 2.05) is 0 Å².